The Labute approximate surface area is 109 Å². The average molecular weight is 257 g/mol. The van der Waals surface area contributed by atoms with E-state index in [2.05, 4.69) is 10.2 Å². The third-order valence-corrected chi connectivity index (χ3v) is 2.28. The van der Waals surface area contributed by atoms with E-state index < -0.39 is 4.92 Å². The molecule has 2 aromatic carbocycles. The van der Waals surface area contributed by atoms with Gasteiger partial charge >= 0.3 is 0 Å². The summed E-state index contributed by atoms with van der Waals surface area (Å²) in [6, 6.07) is 15.1. The molecule has 96 valence electrons. The molecule has 0 aliphatic rings. The van der Waals surface area contributed by atoms with Gasteiger partial charge in [-0.25, -0.2) is 0 Å². The largest absolute Gasteiger partial charge is 0.470 e. The molecule has 0 fully saturated rings. The van der Waals surface area contributed by atoms with Crippen LogP contribution in [0.5, 0.6) is 5.75 Å². The van der Waals surface area contributed by atoms with E-state index in [4.69, 9.17) is 4.74 Å². The fourth-order valence-corrected chi connectivity index (χ4v) is 1.37. The zero-order chi connectivity index (χ0) is 13.5. The van der Waals surface area contributed by atoms with Crippen LogP contribution in [-0.2, 0) is 0 Å². The number of hydrogen-bond donors (Lipinski definition) is 0. The topological polar surface area (TPSA) is 77.1 Å². The van der Waals surface area contributed by atoms with E-state index >= 15 is 0 Å². The van der Waals surface area contributed by atoms with Gasteiger partial charge in [0.25, 0.3) is 5.69 Å². The Morgan fingerprint density at radius 2 is 1.74 bits per heavy atom. The monoisotopic (exact) mass is 257 g/mol. The Bertz CT molecular complexity index is 567. The van der Waals surface area contributed by atoms with E-state index in [0.717, 1.165) is 0 Å². The molecule has 0 atom stereocenters. The predicted octanol–water partition coefficient (Wildman–Crippen LogP) is 3.72. The Morgan fingerprint density at radius 3 is 2.37 bits per heavy atom. The Balaban J connectivity index is 1.87. The SMILES string of the molecule is O=[N+]([O-])c1ccc(N=NCOc2ccccc2)cc1. The van der Waals surface area contributed by atoms with Gasteiger partial charge in [-0.1, -0.05) is 18.2 Å². The van der Waals surface area contributed by atoms with Crippen LogP contribution in [0.2, 0.25) is 0 Å². The molecule has 0 heterocycles. The molecule has 0 radical (unpaired) electrons. The number of non-ortho nitro benzene ring substituents is 1. The van der Waals surface area contributed by atoms with Gasteiger partial charge in [0.15, 0.2) is 6.73 Å². The van der Waals surface area contributed by atoms with Gasteiger partial charge in [-0.2, -0.15) is 5.11 Å². The lowest BCUT2D eigenvalue weighted by Crippen LogP contribution is -1.91. The van der Waals surface area contributed by atoms with Gasteiger partial charge in [0.05, 0.1) is 10.6 Å². The Kier molecular flexibility index (Phi) is 4.17. The first kappa shape index (κ1) is 12.7. The molecule has 0 saturated heterocycles. The fourth-order valence-electron chi connectivity index (χ4n) is 1.37. The van der Waals surface area contributed by atoms with Crippen molar-refractivity contribution in [2.45, 2.75) is 0 Å². The second-order valence-corrected chi connectivity index (χ2v) is 3.60. The lowest BCUT2D eigenvalue weighted by Gasteiger charge is -2.00. The standard InChI is InChI=1S/C13H11N3O3/c17-16(18)12-8-6-11(7-9-12)15-14-10-19-13-4-2-1-3-5-13/h1-9H,10H2. The van der Waals surface area contributed by atoms with Gasteiger partial charge in [0, 0.05) is 12.1 Å². The van der Waals surface area contributed by atoms with Crippen molar-refractivity contribution in [1.82, 2.24) is 0 Å². The summed E-state index contributed by atoms with van der Waals surface area (Å²) in [5.74, 6) is 0.713. The van der Waals surface area contributed by atoms with Crippen LogP contribution in [0.1, 0.15) is 0 Å². The van der Waals surface area contributed by atoms with Crippen LogP contribution in [0.15, 0.2) is 64.8 Å². The molecule has 0 amide bonds. The molecule has 2 aromatic rings. The van der Waals surface area contributed by atoms with E-state index in [1.165, 1.54) is 24.3 Å². The molecule has 0 aliphatic carbocycles. The number of hydrogen-bond acceptors (Lipinski definition) is 5. The molecule has 0 aromatic heterocycles. The fraction of sp³-hybridized carbons (Fsp3) is 0.0769. The second-order valence-electron chi connectivity index (χ2n) is 3.60. The molecule has 2 rings (SSSR count). The highest BCUT2D eigenvalue weighted by Crippen LogP contribution is 2.18. The van der Waals surface area contributed by atoms with Gasteiger partial charge in [-0.15, -0.1) is 5.11 Å². The number of benzene rings is 2. The molecule has 0 saturated carbocycles. The predicted molar refractivity (Wildman–Crippen MR) is 69.5 cm³/mol. The van der Waals surface area contributed by atoms with Crippen molar-refractivity contribution in [3.63, 3.8) is 0 Å². The second kappa shape index (κ2) is 6.25. The van der Waals surface area contributed by atoms with E-state index in [9.17, 15) is 10.1 Å². The quantitative estimate of drug-likeness (QED) is 0.465. The van der Waals surface area contributed by atoms with E-state index in [1.807, 2.05) is 30.3 Å². The summed E-state index contributed by atoms with van der Waals surface area (Å²) < 4.78 is 5.32. The summed E-state index contributed by atoms with van der Waals surface area (Å²) in [5, 5.41) is 18.2. The van der Waals surface area contributed by atoms with Crippen molar-refractivity contribution in [3.8, 4) is 5.75 Å². The Morgan fingerprint density at radius 1 is 1.05 bits per heavy atom. The number of azo groups is 1. The molecule has 0 aliphatic heterocycles. The van der Waals surface area contributed by atoms with E-state index in [1.54, 1.807) is 0 Å². The normalized spacial score (nSPS) is 10.5. The smallest absolute Gasteiger partial charge is 0.269 e. The highest BCUT2D eigenvalue weighted by Gasteiger charge is 2.02. The van der Waals surface area contributed by atoms with Crippen molar-refractivity contribution in [1.29, 1.82) is 0 Å². The maximum atomic E-state index is 10.5. The number of nitro benzene ring substituents is 1. The summed E-state index contributed by atoms with van der Waals surface area (Å²) in [7, 11) is 0. The van der Waals surface area contributed by atoms with Crippen molar-refractivity contribution in [3.05, 3.63) is 64.7 Å². The zero-order valence-corrected chi connectivity index (χ0v) is 9.97. The van der Waals surface area contributed by atoms with Gasteiger partial charge < -0.3 is 4.74 Å². The van der Waals surface area contributed by atoms with Gasteiger partial charge in [0.1, 0.15) is 5.75 Å². The van der Waals surface area contributed by atoms with E-state index in [0.29, 0.717) is 11.4 Å². The number of nitro groups is 1. The number of ether oxygens (including phenoxy) is 1. The minimum Gasteiger partial charge on any atom is -0.470 e. The first-order chi connectivity index (χ1) is 9.25. The van der Waals surface area contributed by atoms with Crippen LogP contribution in [-0.4, -0.2) is 11.7 Å². The van der Waals surface area contributed by atoms with Crippen molar-refractivity contribution in [2.75, 3.05) is 6.73 Å². The van der Waals surface area contributed by atoms with Crippen molar-refractivity contribution < 1.29 is 9.66 Å². The lowest BCUT2D eigenvalue weighted by atomic mass is 10.3. The summed E-state index contributed by atoms with van der Waals surface area (Å²) in [6.07, 6.45) is 0. The maximum absolute atomic E-state index is 10.5. The van der Waals surface area contributed by atoms with Crippen LogP contribution in [0.25, 0.3) is 0 Å². The molecule has 19 heavy (non-hydrogen) atoms. The summed E-state index contributed by atoms with van der Waals surface area (Å²) in [5.41, 5.74) is 0.571. The summed E-state index contributed by atoms with van der Waals surface area (Å²) in [4.78, 5) is 10.0. The molecule has 6 heteroatoms. The van der Waals surface area contributed by atoms with Crippen molar-refractivity contribution >= 4 is 11.4 Å². The highest BCUT2D eigenvalue weighted by atomic mass is 16.6. The minimum absolute atomic E-state index is 0.0273. The number of para-hydroxylation sites is 1. The number of rotatable bonds is 5. The third-order valence-electron chi connectivity index (χ3n) is 2.28. The van der Waals surface area contributed by atoms with Crippen LogP contribution in [0.3, 0.4) is 0 Å². The zero-order valence-electron chi connectivity index (χ0n) is 9.97. The maximum Gasteiger partial charge on any atom is 0.269 e. The minimum atomic E-state index is -0.459. The third kappa shape index (κ3) is 3.88. The highest BCUT2D eigenvalue weighted by molar-refractivity contribution is 5.43. The first-order valence-corrected chi connectivity index (χ1v) is 5.55. The number of nitrogens with zero attached hydrogens (tertiary/aromatic N) is 3. The molecular formula is C13H11N3O3. The average Bonchev–Trinajstić information content (AvgIpc) is 2.45. The molecule has 0 bridgehead atoms. The van der Waals surface area contributed by atoms with Crippen LogP contribution >= 0.6 is 0 Å². The van der Waals surface area contributed by atoms with Crippen LogP contribution in [0.4, 0.5) is 11.4 Å². The summed E-state index contributed by atoms with van der Waals surface area (Å²) in [6.45, 7) is 0.0982. The van der Waals surface area contributed by atoms with Crippen molar-refractivity contribution in [2.24, 2.45) is 10.2 Å². The molecule has 0 spiro atoms. The van der Waals surface area contributed by atoms with Crippen LogP contribution < -0.4 is 4.74 Å². The molecule has 0 N–H and O–H groups in total. The van der Waals surface area contributed by atoms with Crippen LogP contribution in [0, 0.1) is 10.1 Å². The molecular weight excluding hydrogens is 246 g/mol. The summed E-state index contributed by atoms with van der Waals surface area (Å²) >= 11 is 0. The van der Waals surface area contributed by atoms with Gasteiger partial charge in [-0.3, -0.25) is 10.1 Å². The lowest BCUT2D eigenvalue weighted by molar-refractivity contribution is -0.384. The first-order valence-electron chi connectivity index (χ1n) is 5.55. The van der Waals surface area contributed by atoms with E-state index in [-0.39, 0.29) is 12.4 Å². The van der Waals surface area contributed by atoms with Gasteiger partial charge in [0.2, 0.25) is 0 Å². The molecule has 6 nitrogen and oxygen atoms in total. The van der Waals surface area contributed by atoms with Gasteiger partial charge in [-0.05, 0) is 24.3 Å². The Hall–Kier alpha value is -2.76. The molecule has 0 unspecified atom stereocenters.